The normalized spacial score (nSPS) is 32.6. The van der Waals surface area contributed by atoms with Crippen molar-refractivity contribution < 1.29 is 0 Å². The molecule has 2 aliphatic rings. The van der Waals surface area contributed by atoms with Crippen molar-refractivity contribution in [3.8, 4) is 6.07 Å². The van der Waals surface area contributed by atoms with Gasteiger partial charge in [-0.2, -0.15) is 5.26 Å². The molecule has 2 rings (SSSR count). The fourth-order valence-corrected chi connectivity index (χ4v) is 3.40. The van der Waals surface area contributed by atoms with Crippen LogP contribution in [-0.4, -0.2) is 24.0 Å². The molecule has 0 atom stereocenters. The predicted molar refractivity (Wildman–Crippen MR) is 66.0 cm³/mol. The number of hydrogen-bond acceptors (Lipinski definition) is 2. The van der Waals surface area contributed by atoms with Crippen molar-refractivity contribution in [1.29, 1.82) is 5.26 Å². The summed E-state index contributed by atoms with van der Waals surface area (Å²) in [6.07, 6.45) is 11.8. The van der Waals surface area contributed by atoms with Gasteiger partial charge in [-0.15, -0.1) is 0 Å². The fourth-order valence-electron chi connectivity index (χ4n) is 3.40. The molecule has 0 unspecified atom stereocenters. The van der Waals surface area contributed by atoms with Crippen LogP contribution in [0.3, 0.4) is 0 Å². The van der Waals surface area contributed by atoms with Crippen LogP contribution in [0.4, 0.5) is 0 Å². The molecule has 0 aromatic rings. The third-order valence-electron chi connectivity index (χ3n) is 4.61. The number of nitrogens with zero attached hydrogens (tertiary/aromatic N) is 2. The summed E-state index contributed by atoms with van der Waals surface area (Å²) >= 11 is 0. The van der Waals surface area contributed by atoms with Gasteiger partial charge in [0.25, 0.3) is 0 Å². The first kappa shape index (κ1) is 11.9. The van der Waals surface area contributed by atoms with E-state index in [-0.39, 0.29) is 0 Å². The summed E-state index contributed by atoms with van der Waals surface area (Å²) in [6.45, 7) is 0. The molecule has 2 heteroatoms. The van der Waals surface area contributed by atoms with Gasteiger partial charge < -0.3 is 4.90 Å². The molecule has 2 fully saturated rings. The van der Waals surface area contributed by atoms with Crippen LogP contribution >= 0.6 is 0 Å². The molecule has 0 aliphatic heterocycles. The second-order valence-electron chi connectivity index (χ2n) is 5.59. The van der Waals surface area contributed by atoms with Crippen molar-refractivity contribution in [3.05, 3.63) is 0 Å². The molecule has 2 nitrogen and oxygen atoms in total. The lowest BCUT2D eigenvalue weighted by molar-refractivity contribution is 0.104. The van der Waals surface area contributed by atoms with E-state index < -0.39 is 0 Å². The van der Waals surface area contributed by atoms with E-state index in [4.69, 9.17) is 5.26 Å². The Balaban J connectivity index is 1.81. The molecule has 90 valence electrons. The van der Waals surface area contributed by atoms with E-state index in [0.717, 1.165) is 24.9 Å². The maximum absolute atomic E-state index is 8.90. The van der Waals surface area contributed by atoms with Crippen LogP contribution in [0.25, 0.3) is 0 Å². The van der Waals surface area contributed by atoms with Crippen LogP contribution in [0.2, 0.25) is 0 Å². The molecule has 0 radical (unpaired) electrons. The van der Waals surface area contributed by atoms with Crippen molar-refractivity contribution >= 4 is 0 Å². The van der Waals surface area contributed by atoms with Crippen molar-refractivity contribution in [2.75, 3.05) is 7.05 Å². The first-order valence-corrected chi connectivity index (χ1v) is 6.93. The fraction of sp³-hybridized carbons (Fsp3) is 0.929. The highest BCUT2D eigenvalue weighted by Crippen LogP contribution is 2.30. The Labute approximate surface area is 99.6 Å². The SMILES string of the molecule is CN(C1CCCCC1)C1CCC(C#N)CC1. The van der Waals surface area contributed by atoms with Gasteiger partial charge in [0.05, 0.1) is 6.07 Å². The molecule has 2 saturated carbocycles. The quantitative estimate of drug-likeness (QED) is 0.713. The summed E-state index contributed by atoms with van der Waals surface area (Å²) < 4.78 is 0. The van der Waals surface area contributed by atoms with Crippen molar-refractivity contribution in [3.63, 3.8) is 0 Å². The molecule has 16 heavy (non-hydrogen) atoms. The van der Waals surface area contributed by atoms with Gasteiger partial charge in [0.15, 0.2) is 0 Å². The first-order valence-electron chi connectivity index (χ1n) is 6.93. The van der Waals surface area contributed by atoms with E-state index in [1.54, 1.807) is 0 Å². The van der Waals surface area contributed by atoms with E-state index in [1.165, 1.54) is 44.9 Å². The molecular weight excluding hydrogens is 196 g/mol. The van der Waals surface area contributed by atoms with Crippen LogP contribution in [0.15, 0.2) is 0 Å². The summed E-state index contributed by atoms with van der Waals surface area (Å²) in [5, 5.41) is 8.90. The van der Waals surface area contributed by atoms with E-state index in [2.05, 4.69) is 18.0 Å². The molecule has 0 bridgehead atoms. The lowest BCUT2D eigenvalue weighted by Gasteiger charge is -2.39. The number of rotatable bonds is 2. The average Bonchev–Trinajstić information content (AvgIpc) is 2.39. The molecule has 0 aromatic heterocycles. The minimum absolute atomic E-state index is 0.344. The van der Waals surface area contributed by atoms with E-state index in [9.17, 15) is 0 Å². The molecule has 0 N–H and O–H groups in total. The zero-order chi connectivity index (χ0) is 11.4. The van der Waals surface area contributed by atoms with E-state index >= 15 is 0 Å². The summed E-state index contributed by atoms with van der Waals surface area (Å²) in [6, 6.07) is 4.01. The standard InChI is InChI=1S/C14H24N2/c1-16(13-5-3-2-4-6-13)14-9-7-12(11-15)8-10-14/h12-14H,2-10H2,1H3. The van der Waals surface area contributed by atoms with Crippen LogP contribution in [0, 0.1) is 17.2 Å². The highest BCUT2D eigenvalue weighted by molar-refractivity contribution is 4.90. The number of hydrogen-bond donors (Lipinski definition) is 0. The smallest absolute Gasteiger partial charge is 0.0655 e. The van der Waals surface area contributed by atoms with Gasteiger partial charge in [-0.25, -0.2) is 0 Å². The minimum Gasteiger partial charge on any atom is -0.300 e. The third-order valence-corrected chi connectivity index (χ3v) is 4.61. The van der Waals surface area contributed by atoms with Gasteiger partial charge in [-0.3, -0.25) is 0 Å². The zero-order valence-corrected chi connectivity index (χ0v) is 10.5. The van der Waals surface area contributed by atoms with Gasteiger partial charge in [0.2, 0.25) is 0 Å². The first-order chi connectivity index (χ1) is 7.81. The molecule has 0 heterocycles. The Morgan fingerprint density at radius 3 is 2.00 bits per heavy atom. The van der Waals surface area contributed by atoms with Gasteiger partial charge >= 0.3 is 0 Å². The Bertz CT molecular complexity index is 242. The Hall–Kier alpha value is -0.550. The second kappa shape index (κ2) is 5.68. The monoisotopic (exact) mass is 220 g/mol. The summed E-state index contributed by atoms with van der Waals surface area (Å²) in [7, 11) is 2.31. The minimum atomic E-state index is 0.344. The van der Waals surface area contributed by atoms with Crippen molar-refractivity contribution in [2.24, 2.45) is 5.92 Å². The summed E-state index contributed by atoms with van der Waals surface area (Å²) in [5.41, 5.74) is 0. The topological polar surface area (TPSA) is 27.0 Å². The highest BCUT2D eigenvalue weighted by Gasteiger charge is 2.28. The molecular formula is C14H24N2. The largest absolute Gasteiger partial charge is 0.300 e. The summed E-state index contributed by atoms with van der Waals surface area (Å²) in [4.78, 5) is 2.63. The average molecular weight is 220 g/mol. The molecule has 2 aliphatic carbocycles. The maximum atomic E-state index is 8.90. The highest BCUT2D eigenvalue weighted by atomic mass is 15.2. The molecule has 0 aromatic carbocycles. The Kier molecular flexibility index (Phi) is 4.23. The van der Waals surface area contributed by atoms with Crippen LogP contribution in [0.1, 0.15) is 57.8 Å². The van der Waals surface area contributed by atoms with Crippen LogP contribution in [-0.2, 0) is 0 Å². The molecule has 0 saturated heterocycles. The van der Waals surface area contributed by atoms with E-state index in [1.807, 2.05) is 0 Å². The molecule has 0 spiro atoms. The Morgan fingerprint density at radius 1 is 0.875 bits per heavy atom. The summed E-state index contributed by atoms with van der Waals surface area (Å²) in [5.74, 6) is 0.344. The van der Waals surface area contributed by atoms with Gasteiger partial charge in [0.1, 0.15) is 0 Å². The van der Waals surface area contributed by atoms with Gasteiger partial charge in [-0.05, 0) is 45.6 Å². The predicted octanol–water partition coefficient (Wildman–Crippen LogP) is 3.33. The van der Waals surface area contributed by atoms with Crippen LogP contribution < -0.4 is 0 Å². The number of nitriles is 1. The third kappa shape index (κ3) is 2.77. The van der Waals surface area contributed by atoms with Crippen molar-refractivity contribution in [1.82, 2.24) is 4.90 Å². The van der Waals surface area contributed by atoms with Gasteiger partial charge in [-0.1, -0.05) is 19.3 Å². The zero-order valence-electron chi connectivity index (χ0n) is 10.5. The lowest BCUT2D eigenvalue weighted by atomic mass is 9.84. The molecule has 0 amide bonds. The van der Waals surface area contributed by atoms with Crippen LogP contribution in [0.5, 0.6) is 0 Å². The van der Waals surface area contributed by atoms with Gasteiger partial charge in [0, 0.05) is 18.0 Å². The second-order valence-corrected chi connectivity index (χ2v) is 5.59. The lowest BCUT2D eigenvalue weighted by Crippen LogP contribution is -2.43. The van der Waals surface area contributed by atoms with Crippen molar-refractivity contribution in [2.45, 2.75) is 69.9 Å². The maximum Gasteiger partial charge on any atom is 0.0655 e. The van der Waals surface area contributed by atoms with E-state index in [0.29, 0.717) is 5.92 Å². The Morgan fingerprint density at radius 2 is 1.44 bits per heavy atom.